The molecule has 1 aromatic carbocycles. The van der Waals surface area contributed by atoms with Crippen molar-refractivity contribution in [3.63, 3.8) is 0 Å². The highest BCUT2D eigenvalue weighted by molar-refractivity contribution is 5.29. The zero-order valence-corrected chi connectivity index (χ0v) is 14.3. The number of nitrogens with zero attached hydrogens (tertiary/aromatic N) is 1. The molecule has 1 unspecified atom stereocenters. The molecule has 0 bridgehead atoms. The molecule has 1 aromatic rings. The molecule has 0 aromatic heterocycles. The number of ether oxygens (including phenoxy) is 2. The predicted molar refractivity (Wildman–Crippen MR) is 90.5 cm³/mol. The minimum Gasteiger partial charge on any atom is -0.468 e. The maximum Gasteiger partial charge on any atom is 0.188 e. The van der Waals surface area contributed by atoms with Crippen molar-refractivity contribution >= 4 is 0 Å². The molecule has 0 saturated carbocycles. The first-order valence-electron chi connectivity index (χ1n) is 8.29. The first kappa shape index (κ1) is 17.3. The first-order valence-corrected chi connectivity index (χ1v) is 8.29. The molecule has 1 fully saturated rings. The summed E-state index contributed by atoms with van der Waals surface area (Å²) in [6.07, 6.45) is 1.17. The van der Waals surface area contributed by atoms with Crippen LogP contribution in [0.3, 0.4) is 0 Å². The third-order valence-electron chi connectivity index (χ3n) is 4.45. The highest BCUT2D eigenvalue weighted by Gasteiger charge is 2.23. The van der Waals surface area contributed by atoms with Crippen LogP contribution in [0, 0.1) is 0 Å². The lowest BCUT2D eigenvalue weighted by Gasteiger charge is -2.37. The number of hydrogen-bond acceptors (Lipinski definition) is 4. The number of rotatable bonds is 7. The molecule has 1 saturated heterocycles. The Bertz CT molecular complexity index is 433. The van der Waals surface area contributed by atoms with E-state index < -0.39 is 0 Å². The SMILES string of the molecule is COCOc1ccc([C@@H](C)CC2CN(C(C)C)CCN2)cc1. The van der Waals surface area contributed by atoms with Gasteiger partial charge in [-0.3, -0.25) is 4.90 Å². The molecule has 2 atom stereocenters. The lowest BCUT2D eigenvalue weighted by molar-refractivity contribution is 0.0511. The van der Waals surface area contributed by atoms with Crippen LogP contribution < -0.4 is 10.1 Å². The van der Waals surface area contributed by atoms with Crippen molar-refractivity contribution in [1.29, 1.82) is 0 Å². The van der Waals surface area contributed by atoms with Gasteiger partial charge in [0.05, 0.1) is 0 Å². The predicted octanol–water partition coefficient (Wildman–Crippen LogP) is 2.85. The summed E-state index contributed by atoms with van der Waals surface area (Å²) < 4.78 is 10.4. The van der Waals surface area contributed by atoms with Gasteiger partial charge in [-0.15, -0.1) is 0 Å². The number of nitrogens with one attached hydrogen (secondary N) is 1. The van der Waals surface area contributed by atoms with Gasteiger partial charge >= 0.3 is 0 Å². The van der Waals surface area contributed by atoms with Crippen molar-refractivity contribution in [3.05, 3.63) is 29.8 Å². The normalized spacial score (nSPS) is 21.0. The average Bonchev–Trinajstić information content (AvgIpc) is 2.53. The van der Waals surface area contributed by atoms with Gasteiger partial charge in [0.2, 0.25) is 0 Å². The van der Waals surface area contributed by atoms with Gasteiger partial charge in [-0.2, -0.15) is 0 Å². The van der Waals surface area contributed by atoms with E-state index in [4.69, 9.17) is 9.47 Å². The summed E-state index contributed by atoms with van der Waals surface area (Å²) in [5, 5.41) is 3.66. The molecule has 2 rings (SSSR count). The molecule has 0 amide bonds. The van der Waals surface area contributed by atoms with Crippen LogP contribution in [-0.2, 0) is 4.74 Å². The summed E-state index contributed by atoms with van der Waals surface area (Å²) in [4.78, 5) is 2.57. The van der Waals surface area contributed by atoms with E-state index in [1.807, 2.05) is 12.1 Å². The minimum absolute atomic E-state index is 0.298. The number of benzene rings is 1. The molecule has 0 radical (unpaired) electrons. The summed E-state index contributed by atoms with van der Waals surface area (Å²) in [7, 11) is 1.63. The quantitative estimate of drug-likeness (QED) is 0.786. The topological polar surface area (TPSA) is 33.7 Å². The van der Waals surface area contributed by atoms with Crippen LogP contribution in [0.1, 0.15) is 38.7 Å². The van der Waals surface area contributed by atoms with Crippen LogP contribution >= 0.6 is 0 Å². The zero-order chi connectivity index (χ0) is 15.9. The van der Waals surface area contributed by atoms with Gasteiger partial charge in [0, 0.05) is 38.8 Å². The molecule has 1 N–H and O–H groups in total. The number of methoxy groups -OCH3 is 1. The number of piperazine rings is 1. The second-order valence-corrected chi connectivity index (χ2v) is 6.50. The van der Waals surface area contributed by atoms with Crippen LogP contribution in [-0.4, -0.2) is 50.5 Å². The molecule has 0 spiro atoms. The molecule has 1 heterocycles. The highest BCUT2D eigenvalue weighted by atomic mass is 16.7. The summed E-state index contributed by atoms with van der Waals surface area (Å²) in [5.74, 6) is 1.40. The second-order valence-electron chi connectivity index (χ2n) is 6.50. The summed E-state index contributed by atoms with van der Waals surface area (Å²) >= 11 is 0. The minimum atomic E-state index is 0.298. The van der Waals surface area contributed by atoms with Crippen LogP contribution in [0.5, 0.6) is 5.75 Å². The monoisotopic (exact) mass is 306 g/mol. The largest absolute Gasteiger partial charge is 0.468 e. The van der Waals surface area contributed by atoms with Crippen molar-refractivity contribution in [2.24, 2.45) is 0 Å². The van der Waals surface area contributed by atoms with E-state index in [1.54, 1.807) is 7.11 Å². The van der Waals surface area contributed by atoms with Gasteiger partial charge in [0.1, 0.15) is 5.75 Å². The lowest BCUT2D eigenvalue weighted by atomic mass is 9.92. The van der Waals surface area contributed by atoms with Crippen LogP contribution in [0.25, 0.3) is 0 Å². The fourth-order valence-electron chi connectivity index (χ4n) is 3.06. The first-order chi connectivity index (χ1) is 10.6. The summed E-state index contributed by atoms with van der Waals surface area (Å²) in [5.41, 5.74) is 1.37. The van der Waals surface area contributed by atoms with Crippen molar-refractivity contribution in [2.45, 2.75) is 45.2 Å². The van der Waals surface area contributed by atoms with Crippen molar-refractivity contribution in [1.82, 2.24) is 10.2 Å². The lowest BCUT2D eigenvalue weighted by Crippen LogP contribution is -2.53. The van der Waals surface area contributed by atoms with Gasteiger partial charge in [-0.1, -0.05) is 19.1 Å². The van der Waals surface area contributed by atoms with Gasteiger partial charge in [-0.25, -0.2) is 0 Å². The van der Waals surface area contributed by atoms with E-state index in [1.165, 1.54) is 12.0 Å². The van der Waals surface area contributed by atoms with Gasteiger partial charge < -0.3 is 14.8 Å². The molecule has 1 aliphatic heterocycles. The van der Waals surface area contributed by atoms with Crippen molar-refractivity contribution in [3.8, 4) is 5.75 Å². The van der Waals surface area contributed by atoms with Crippen molar-refractivity contribution < 1.29 is 9.47 Å². The van der Waals surface area contributed by atoms with E-state index in [-0.39, 0.29) is 0 Å². The molecule has 4 heteroatoms. The Morgan fingerprint density at radius 1 is 1.23 bits per heavy atom. The highest BCUT2D eigenvalue weighted by Crippen LogP contribution is 2.24. The van der Waals surface area contributed by atoms with Crippen LogP contribution in [0.4, 0.5) is 0 Å². The van der Waals surface area contributed by atoms with Gasteiger partial charge in [0.25, 0.3) is 0 Å². The standard InChI is InChI=1S/C18H30N2O2/c1-14(2)20-10-9-19-17(12-20)11-15(3)16-5-7-18(8-6-16)22-13-21-4/h5-8,14-15,17,19H,9-13H2,1-4H3/t15-,17?/m0/s1. The number of hydrogen-bond donors (Lipinski definition) is 1. The van der Waals surface area contributed by atoms with E-state index in [2.05, 4.69) is 43.1 Å². The fourth-order valence-corrected chi connectivity index (χ4v) is 3.06. The molecule has 4 nitrogen and oxygen atoms in total. The van der Waals surface area contributed by atoms with E-state index in [0.717, 1.165) is 25.4 Å². The Morgan fingerprint density at radius 3 is 2.59 bits per heavy atom. The summed E-state index contributed by atoms with van der Waals surface area (Å²) in [6, 6.07) is 9.60. The Labute approximate surface area is 134 Å². The van der Waals surface area contributed by atoms with Gasteiger partial charge in [-0.05, 0) is 43.9 Å². The molecular formula is C18H30N2O2. The molecule has 0 aliphatic carbocycles. The Morgan fingerprint density at radius 2 is 1.95 bits per heavy atom. The van der Waals surface area contributed by atoms with Gasteiger partial charge in [0.15, 0.2) is 6.79 Å². The van der Waals surface area contributed by atoms with Crippen LogP contribution in [0.2, 0.25) is 0 Å². The maximum atomic E-state index is 5.44. The van der Waals surface area contributed by atoms with E-state index in [0.29, 0.717) is 24.8 Å². The van der Waals surface area contributed by atoms with E-state index >= 15 is 0 Å². The second kappa shape index (κ2) is 8.51. The Hall–Kier alpha value is -1.10. The Balaban J connectivity index is 1.87. The molecular weight excluding hydrogens is 276 g/mol. The molecule has 124 valence electrons. The fraction of sp³-hybridized carbons (Fsp3) is 0.667. The maximum absolute atomic E-state index is 5.44. The smallest absolute Gasteiger partial charge is 0.188 e. The van der Waals surface area contributed by atoms with Crippen LogP contribution in [0.15, 0.2) is 24.3 Å². The Kier molecular flexibility index (Phi) is 6.68. The zero-order valence-electron chi connectivity index (χ0n) is 14.3. The molecule has 1 aliphatic rings. The van der Waals surface area contributed by atoms with Crippen molar-refractivity contribution in [2.75, 3.05) is 33.5 Å². The third-order valence-corrected chi connectivity index (χ3v) is 4.45. The summed E-state index contributed by atoms with van der Waals surface area (Å²) in [6.45, 7) is 10.6. The third kappa shape index (κ3) is 4.97. The average molecular weight is 306 g/mol. The molecule has 22 heavy (non-hydrogen) atoms. The van der Waals surface area contributed by atoms with E-state index in [9.17, 15) is 0 Å².